The van der Waals surface area contributed by atoms with Crippen molar-refractivity contribution >= 4 is 23.2 Å². The Balaban J connectivity index is 2.32. The van der Waals surface area contributed by atoms with Gasteiger partial charge in [-0.25, -0.2) is 9.78 Å². The molecule has 0 spiro atoms. The number of carboxylic acids is 1. The van der Waals surface area contributed by atoms with Gasteiger partial charge in [-0.05, 0) is 30.3 Å². The van der Waals surface area contributed by atoms with Gasteiger partial charge in [-0.3, -0.25) is 0 Å². The number of aromatic nitrogens is 1. The molecule has 1 heterocycles. The highest BCUT2D eigenvalue weighted by molar-refractivity contribution is 5.89. The van der Waals surface area contributed by atoms with Crippen LogP contribution in [0.2, 0.25) is 0 Å². The molecule has 3 N–H and O–H groups in total. The van der Waals surface area contributed by atoms with Crippen molar-refractivity contribution in [2.45, 2.75) is 0 Å². The number of nitrogens with two attached hydrogens (primary N) is 1. The quantitative estimate of drug-likeness (QED) is 0.887. The molecule has 0 radical (unpaired) electrons. The van der Waals surface area contributed by atoms with Gasteiger partial charge < -0.3 is 20.5 Å². The predicted molar refractivity (Wildman–Crippen MR) is 76.7 cm³/mol. The Labute approximate surface area is 116 Å². The molecule has 6 nitrogen and oxygen atoms in total. The molecule has 0 saturated carbocycles. The summed E-state index contributed by atoms with van der Waals surface area (Å²) in [6.45, 7) is 0. The summed E-state index contributed by atoms with van der Waals surface area (Å²) in [6.07, 6.45) is 1.29. The summed E-state index contributed by atoms with van der Waals surface area (Å²) < 4.78 is 5.10. The van der Waals surface area contributed by atoms with Gasteiger partial charge in [-0.15, -0.1) is 0 Å². The maximum atomic E-state index is 10.9. The van der Waals surface area contributed by atoms with Crippen LogP contribution in [0.15, 0.2) is 36.5 Å². The van der Waals surface area contributed by atoms with Crippen molar-refractivity contribution in [3.63, 3.8) is 0 Å². The van der Waals surface area contributed by atoms with Gasteiger partial charge in [0.05, 0.1) is 18.4 Å². The lowest BCUT2D eigenvalue weighted by Gasteiger charge is -2.20. The first-order chi connectivity index (χ1) is 9.52. The van der Waals surface area contributed by atoms with Crippen molar-refractivity contribution in [3.05, 3.63) is 42.1 Å². The van der Waals surface area contributed by atoms with Crippen molar-refractivity contribution < 1.29 is 14.6 Å². The van der Waals surface area contributed by atoms with E-state index in [1.807, 2.05) is 24.3 Å². The largest absolute Gasteiger partial charge is 0.497 e. The molecule has 0 atom stereocenters. The number of pyridine rings is 1. The number of nitrogens with zero attached hydrogens (tertiary/aromatic N) is 2. The Morgan fingerprint density at radius 2 is 2.00 bits per heavy atom. The second-order valence-electron chi connectivity index (χ2n) is 4.20. The zero-order chi connectivity index (χ0) is 14.7. The van der Waals surface area contributed by atoms with Crippen molar-refractivity contribution in [1.29, 1.82) is 0 Å². The van der Waals surface area contributed by atoms with Crippen LogP contribution in [0.1, 0.15) is 10.4 Å². The normalized spacial score (nSPS) is 10.1. The number of hydrogen-bond donors (Lipinski definition) is 2. The van der Waals surface area contributed by atoms with Crippen LogP contribution in [-0.2, 0) is 0 Å². The smallest absolute Gasteiger partial charge is 0.337 e. The van der Waals surface area contributed by atoms with Crippen molar-refractivity contribution in [3.8, 4) is 5.75 Å². The molecular weight excluding hydrogens is 258 g/mol. The molecule has 6 heteroatoms. The van der Waals surface area contributed by atoms with Gasteiger partial charge in [0.25, 0.3) is 0 Å². The van der Waals surface area contributed by atoms with E-state index in [4.69, 9.17) is 15.6 Å². The maximum Gasteiger partial charge on any atom is 0.337 e. The summed E-state index contributed by atoms with van der Waals surface area (Å²) in [5.74, 6) is 0.201. The molecule has 0 fully saturated rings. The van der Waals surface area contributed by atoms with E-state index >= 15 is 0 Å². The topological polar surface area (TPSA) is 88.7 Å². The molecule has 0 bridgehead atoms. The van der Waals surface area contributed by atoms with E-state index in [0.29, 0.717) is 11.5 Å². The molecule has 1 aromatic heterocycles. The third-order valence-electron chi connectivity index (χ3n) is 2.92. The Kier molecular flexibility index (Phi) is 3.74. The summed E-state index contributed by atoms with van der Waals surface area (Å²) in [5.41, 5.74) is 7.10. The highest BCUT2D eigenvalue weighted by Crippen LogP contribution is 2.28. The van der Waals surface area contributed by atoms with Crippen LogP contribution < -0.4 is 15.4 Å². The van der Waals surface area contributed by atoms with E-state index in [0.717, 1.165) is 11.4 Å². The van der Waals surface area contributed by atoms with Crippen LogP contribution in [0.4, 0.5) is 17.2 Å². The van der Waals surface area contributed by atoms with Crippen molar-refractivity contribution in [2.24, 2.45) is 0 Å². The summed E-state index contributed by atoms with van der Waals surface area (Å²) >= 11 is 0. The standard InChI is InChI=1S/C14H15N3O3/c1-17(10-3-5-11(20-2)6-4-10)13-12(15)7-9(8-16-13)14(18)19/h3-8H,15H2,1-2H3,(H,18,19). The minimum absolute atomic E-state index is 0.0642. The highest BCUT2D eigenvalue weighted by Gasteiger charge is 2.12. The Bertz CT molecular complexity index is 626. The van der Waals surface area contributed by atoms with Crippen LogP contribution in [0.25, 0.3) is 0 Å². The first-order valence-corrected chi connectivity index (χ1v) is 5.89. The number of aromatic carboxylic acids is 1. The van der Waals surface area contributed by atoms with E-state index in [1.54, 1.807) is 19.1 Å². The second kappa shape index (κ2) is 5.48. The molecule has 2 rings (SSSR count). The Morgan fingerprint density at radius 1 is 1.35 bits per heavy atom. The molecule has 0 amide bonds. The molecule has 0 saturated heterocycles. The number of rotatable bonds is 4. The van der Waals surface area contributed by atoms with Gasteiger partial charge in [-0.2, -0.15) is 0 Å². The second-order valence-corrected chi connectivity index (χ2v) is 4.20. The maximum absolute atomic E-state index is 10.9. The average molecular weight is 273 g/mol. The van der Waals surface area contributed by atoms with Crippen LogP contribution >= 0.6 is 0 Å². The third kappa shape index (κ3) is 2.64. The van der Waals surface area contributed by atoms with E-state index < -0.39 is 5.97 Å². The third-order valence-corrected chi connectivity index (χ3v) is 2.92. The first-order valence-electron chi connectivity index (χ1n) is 5.89. The molecule has 104 valence electrons. The lowest BCUT2D eigenvalue weighted by molar-refractivity contribution is 0.0696. The number of carboxylic acid groups (broad SMARTS) is 1. The van der Waals surface area contributed by atoms with E-state index in [-0.39, 0.29) is 5.56 Å². The zero-order valence-corrected chi connectivity index (χ0v) is 11.2. The predicted octanol–water partition coefficient (Wildman–Crippen LogP) is 2.14. The summed E-state index contributed by atoms with van der Waals surface area (Å²) in [5, 5.41) is 8.89. The van der Waals surface area contributed by atoms with Crippen molar-refractivity contribution in [1.82, 2.24) is 4.98 Å². The number of methoxy groups -OCH3 is 1. The van der Waals surface area contributed by atoms with Crippen LogP contribution in [-0.4, -0.2) is 30.2 Å². The summed E-state index contributed by atoms with van der Waals surface area (Å²) in [6, 6.07) is 8.78. The van der Waals surface area contributed by atoms with Crippen LogP contribution in [0.3, 0.4) is 0 Å². The Morgan fingerprint density at radius 3 is 2.50 bits per heavy atom. The number of carbonyl (C=O) groups is 1. The number of hydrogen-bond acceptors (Lipinski definition) is 5. The molecule has 0 aliphatic rings. The SMILES string of the molecule is COc1ccc(N(C)c2ncc(C(=O)O)cc2N)cc1. The van der Waals surface area contributed by atoms with Crippen molar-refractivity contribution in [2.75, 3.05) is 24.8 Å². The first kappa shape index (κ1) is 13.7. The van der Waals surface area contributed by atoms with E-state index in [9.17, 15) is 4.79 Å². The fourth-order valence-electron chi connectivity index (χ4n) is 1.80. The van der Waals surface area contributed by atoms with Gasteiger partial charge in [0.1, 0.15) is 5.75 Å². The number of benzene rings is 1. The van der Waals surface area contributed by atoms with E-state index in [2.05, 4.69) is 4.98 Å². The zero-order valence-electron chi connectivity index (χ0n) is 11.2. The fourth-order valence-corrected chi connectivity index (χ4v) is 1.80. The van der Waals surface area contributed by atoms with E-state index in [1.165, 1.54) is 12.3 Å². The number of anilines is 3. The van der Waals surface area contributed by atoms with Gasteiger partial charge in [0.15, 0.2) is 5.82 Å². The average Bonchev–Trinajstić information content (AvgIpc) is 2.46. The minimum Gasteiger partial charge on any atom is -0.497 e. The molecular formula is C14H15N3O3. The molecule has 1 aromatic carbocycles. The molecule has 20 heavy (non-hydrogen) atoms. The fraction of sp³-hybridized carbons (Fsp3) is 0.143. The van der Waals surface area contributed by atoms with Gasteiger partial charge in [-0.1, -0.05) is 0 Å². The summed E-state index contributed by atoms with van der Waals surface area (Å²) in [7, 11) is 3.41. The van der Waals surface area contributed by atoms with Crippen LogP contribution in [0, 0.1) is 0 Å². The molecule has 0 unspecified atom stereocenters. The summed E-state index contributed by atoms with van der Waals surface area (Å²) in [4.78, 5) is 16.7. The molecule has 0 aliphatic carbocycles. The Hall–Kier alpha value is -2.76. The number of nitrogen functional groups attached to an aromatic ring is 1. The highest BCUT2D eigenvalue weighted by atomic mass is 16.5. The molecule has 2 aromatic rings. The number of ether oxygens (including phenoxy) is 1. The lowest BCUT2D eigenvalue weighted by Crippen LogP contribution is -2.14. The molecule has 0 aliphatic heterocycles. The monoisotopic (exact) mass is 273 g/mol. The van der Waals surface area contributed by atoms with Gasteiger partial charge in [0, 0.05) is 18.9 Å². The van der Waals surface area contributed by atoms with Gasteiger partial charge >= 0.3 is 5.97 Å². The lowest BCUT2D eigenvalue weighted by atomic mass is 10.2. The minimum atomic E-state index is -1.05. The van der Waals surface area contributed by atoms with Crippen LogP contribution in [0.5, 0.6) is 5.75 Å². The van der Waals surface area contributed by atoms with Gasteiger partial charge in [0.2, 0.25) is 0 Å².